The van der Waals surface area contributed by atoms with Gasteiger partial charge in [0.15, 0.2) is 11.6 Å². The molecule has 4 heteroatoms. The zero-order chi connectivity index (χ0) is 14.8. The molecule has 1 aliphatic rings. The molecule has 1 aromatic carbocycles. The highest BCUT2D eigenvalue weighted by Crippen LogP contribution is 2.36. The fourth-order valence-electron chi connectivity index (χ4n) is 2.80. The van der Waals surface area contributed by atoms with Gasteiger partial charge in [0.2, 0.25) is 0 Å². The SMILES string of the molecule is CC(C)Oc1cccnc1NC1CCc2cc(N)ccc21. The van der Waals surface area contributed by atoms with Crippen LogP contribution in [0.4, 0.5) is 11.5 Å². The minimum Gasteiger partial charge on any atom is -0.487 e. The Morgan fingerprint density at radius 1 is 1.33 bits per heavy atom. The second kappa shape index (κ2) is 5.64. The van der Waals surface area contributed by atoms with E-state index in [1.54, 1.807) is 6.20 Å². The summed E-state index contributed by atoms with van der Waals surface area (Å²) in [5, 5.41) is 3.51. The lowest BCUT2D eigenvalue weighted by Crippen LogP contribution is -2.12. The minimum absolute atomic E-state index is 0.130. The van der Waals surface area contributed by atoms with E-state index in [1.807, 2.05) is 32.0 Å². The Balaban J connectivity index is 1.83. The zero-order valence-corrected chi connectivity index (χ0v) is 12.5. The van der Waals surface area contributed by atoms with Gasteiger partial charge in [0.05, 0.1) is 12.1 Å². The average molecular weight is 283 g/mol. The largest absolute Gasteiger partial charge is 0.487 e. The predicted molar refractivity (Wildman–Crippen MR) is 85.5 cm³/mol. The molecule has 0 saturated carbocycles. The maximum Gasteiger partial charge on any atom is 0.169 e. The van der Waals surface area contributed by atoms with Crippen molar-refractivity contribution in [3.8, 4) is 5.75 Å². The van der Waals surface area contributed by atoms with Crippen molar-refractivity contribution in [1.29, 1.82) is 0 Å². The number of ether oxygens (including phenoxy) is 1. The number of pyridine rings is 1. The van der Waals surface area contributed by atoms with Crippen LogP contribution in [0.1, 0.15) is 37.4 Å². The van der Waals surface area contributed by atoms with Gasteiger partial charge in [-0.15, -0.1) is 0 Å². The Kier molecular flexibility index (Phi) is 3.69. The van der Waals surface area contributed by atoms with Gasteiger partial charge in [0.25, 0.3) is 0 Å². The van der Waals surface area contributed by atoms with E-state index < -0.39 is 0 Å². The molecule has 2 aromatic rings. The van der Waals surface area contributed by atoms with Gasteiger partial charge in [-0.1, -0.05) is 6.07 Å². The third-order valence-corrected chi connectivity index (χ3v) is 3.69. The van der Waals surface area contributed by atoms with E-state index in [1.165, 1.54) is 11.1 Å². The summed E-state index contributed by atoms with van der Waals surface area (Å²) in [5.41, 5.74) is 9.32. The highest BCUT2D eigenvalue weighted by Gasteiger charge is 2.23. The van der Waals surface area contributed by atoms with Crippen molar-refractivity contribution in [1.82, 2.24) is 4.98 Å². The summed E-state index contributed by atoms with van der Waals surface area (Å²) in [6.45, 7) is 4.04. The molecule has 0 saturated heterocycles. The Bertz CT molecular complexity index is 640. The number of hydrogen-bond donors (Lipinski definition) is 2. The Morgan fingerprint density at radius 3 is 3.00 bits per heavy atom. The van der Waals surface area contributed by atoms with Crippen molar-refractivity contribution in [3.63, 3.8) is 0 Å². The lowest BCUT2D eigenvalue weighted by molar-refractivity contribution is 0.242. The molecular weight excluding hydrogens is 262 g/mol. The van der Waals surface area contributed by atoms with Crippen LogP contribution in [0.5, 0.6) is 5.75 Å². The second-order valence-electron chi connectivity index (χ2n) is 5.71. The van der Waals surface area contributed by atoms with E-state index in [2.05, 4.69) is 22.4 Å². The van der Waals surface area contributed by atoms with Gasteiger partial charge in [0, 0.05) is 11.9 Å². The first kappa shape index (κ1) is 13.7. The molecule has 0 radical (unpaired) electrons. The standard InChI is InChI=1S/C17H21N3O/c1-11(2)21-16-4-3-9-19-17(16)20-15-8-5-12-10-13(18)6-7-14(12)15/h3-4,6-7,9-11,15H,5,8,18H2,1-2H3,(H,19,20). The topological polar surface area (TPSA) is 60.2 Å². The van der Waals surface area contributed by atoms with Gasteiger partial charge in [0.1, 0.15) is 0 Å². The summed E-state index contributed by atoms with van der Waals surface area (Å²) in [6, 6.07) is 10.3. The van der Waals surface area contributed by atoms with E-state index in [0.717, 1.165) is 30.1 Å². The first-order chi connectivity index (χ1) is 10.1. The highest BCUT2D eigenvalue weighted by molar-refractivity contribution is 5.54. The number of rotatable bonds is 4. The molecule has 0 amide bonds. The quantitative estimate of drug-likeness (QED) is 0.842. The van der Waals surface area contributed by atoms with Gasteiger partial charge in [-0.25, -0.2) is 4.98 Å². The van der Waals surface area contributed by atoms with Crippen LogP contribution < -0.4 is 15.8 Å². The average Bonchev–Trinajstić information content (AvgIpc) is 2.83. The first-order valence-electron chi connectivity index (χ1n) is 7.40. The maximum atomic E-state index is 5.86. The number of benzene rings is 1. The van der Waals surface area contributed by atoms with Crippen molar-refractivity contribution >= 4 is 11.5 Å². The summed E-state index contributed by atoms with van der Waals surface area (Å²) < 4.78 is 5.82. The number of anilines is 2. The molecule has 0 fully saturated rings. The number of nitrogens with zero attached hydrogens (tertiary/aromatic N) is 1. The van der Waals surface area contributed by atoms with Crippen LogP contribution in [0.25, 0.3) is 0 Å². The molecule has 21 heavy (non-hydrogen) atoms. The van der Waals surface area contributed by atoms with Crippen molar-refractivity contribution in [2.75, 3.05) is 11.1 Å². The van der Waals surface area contributed by atoms with Crippen LogP contribution in [-0.2, 0) is 6.42 Å². The number of nitrogens with two attached hydrogens (primary N) is 1. The van der Waals surface area contributed by atoms with Crippen LogP contribution >= 0.6 is 0 Å². The molecule has 110 valence electrons. The number of aromatic nitrogens is 1. The predicted octanol–water partition coefficient (Wildman–Crippen LogP) is 3.55. The van der Waals surface area contributed by atoms with E-state index in [-0.39, 0.29) is 12.1 Å². The van der Waals surface area contributed by atoms with Crippen molar-refractivity contribution < 1.29 is 4.74 Å². The Morgan fingerprint density at radius 2 is 2.19 bits per heavy atom. The van der Waals surface area contributed by atoms with Crippen LogP contribution in [0.3, 0.4) is 0 Å². The molecule has 0 bridgehead atoms. The fraction of sp³-hybridized carbons (Fsp3) is 0.353. The third-order valence-electron chi connectivity index (χ3n) is 3.69. The smallest absolute Gasteiger partial charge is 0.169 e. The Hall–Kier alpha value is -2.23. The number of fused-ring (bicyclic) bond motifs is 1. The molecular formula is C17H21N3O. The molecule has 0 spiro atoms. The number of hydrogen-bond acceptors (Lipinski definition) is 4. The minimum atomic E-state index is 0.130. The zero-order valence-electron chi connectivity index (χ0n) is 12.5. The summed E-state index contributed by atoms with van der Waals surface area (Å²) in [5.74, 6) is 1.61. The Labute approximate surface area is 125 Å². The van der Waals surface area contributed by atoms with E-state index in [9.17, 15) is 0 Å². The van der Waals surface area contributed by atoms with Crippen molar-refractivity contribution in [2.24, 2.45) is 0 Å². The lowest BCUT2D eigenvalue weighted by atomic mass is 10.1. The summed E-state index contributed by atoms with van der Waals surface area (Å²) in [7, 11) is 0. The van der Waals surface area contributed by atoms with Gasteiger partial charge in [-0.05, 0) is 62.1 Å². The molecule has 3 N–H and O–H groups in total. The summed E-state index contributed by atoms with van der Waals surface area (Å²) in [4.78, 5) is 4.42. The highest BCUT2D eigenvalue weighted by atomic mass is 16.5. The molecule has 1 aliphatic carbocycles. The number of aryl methyl sites for hydroxylation is 1. The second-order valence-corrected chi connectivity index (χ2v) is 5.71. The molecule has 3 rings (SSSR count). The molecule has 1 aromatic heterocycles. The van der Waals surface area contributed by atoms with Gasteiger partial charge in [-0.3, -0.25) is 0 Å². The number of nitrogens with one attached hydrogen (secondary N) is 1. The molecule has 1 heterocycles. The molecule has 0 aliphatic heterocycles. The van der Waals surface area contributed by atoms with Crippen LogP contribution in [0.15, 0.2) is 36.5 Å². The van der Waals surface area contributed by atoms with E-state index in [4.69, 9.17) is 10.5 Å². The van der Waals surface area contributed by atoms with Gasteiger partial charge < -0.3 is 15.8 Å². The van der Waals surface area contributed by atoms with E-state index >= 15 is 0 Å². The lowest BCUT2D eigenvalue weighted by Gasteiger charge is -2.19. The third kappa shape index (κ3) is 2.94. The first-order valence-corrected chi connectivity index (χ1v) is 7.40. The monoisotopic (exact) mass is 283 g/mol. The number of nitrogen functional groups attached to an aromatic ring is 1. The maximum absolute atomic E-state index is 5.86. The molecule has 1 unspecified atom stereocenters. The van der Waals surface area contributed by atoms with Gasteiger partial charge in [-0.2, -0.15) is 0 Å². The fourth-order valence-corrected chi connectivity index (χ4v) is 2.80. The summed E-state index contributed by atoms with van der Waals surface area (Å²) >= 11 is 0. The molecule has 4 nitrogen and oxygen atoms in total. The molecule has 1 atom stereocenters. The van der Waals surface area contributed by atoms with Gasteiger partial charge >= 0.3 is 0 Å². The normalized spacial score (nSPS) is 16.8. The van der Waals surface area contributed by atoms with Crippen LogP contribution in [-0.4, -0.2) is 11.1 Å². The van der Waals surface area contributed by atoms with Crippen molar-refractivity contribution in [3.05, 3.63) is 47.7 Å². The van der Waals surface area contributed by atoms with E-state index in [0.29, 0.717) is 0 Å². The van der Waals surface area contributed by atoms with Crippen molar-refractivity contribution in [2.45, 2.75) is 38.8 Å². The van der Waals surface area contributed by atoms with Crippen LogP contribution in [0.2, 0.25) is 0 Å². The summed E-state index contributed by atoms with van der Waals surface area (Å²) in [6.07, 6.45) is 4.02. The van der Waals surface area contributed by atoms with Crippen LogP contribution in [0, 0.1) is 0 Å².